The largest absolute Gasteiger partial charge is 0.380 e. The molecule has 1 saturated heterocycles. The second-order valence-electron chi connectivity index (χ2n) is 4.58. The van der Waals surface area contributed by atoms with Crippen LogP contribution in [0, 0.1) is 0 Å². The molecule has 0 bridgehead atoms. The average molecular weight is 191 g/mol. The van der Waals surface area contributed by atoms with E-state index in [0.29, 0.717) is 5.92 Å². The van der Waals surface area contributed by atoms with Crippen LogP contribution in [0.5, 0.6) is 0 Å². The van der Waals surface area contributed by atoms with Crippen molar-refractivity contribution in [1.82, 2.24) is 0 Å². The summed E-state index contributed by atoms with van der Waals surface area (Å²) in [6.07, 6.45) is 0. The molecule has 76 valence electrons. The Bertz CT molecular complexity index is 306. The molecule has 0 atom stereocenters. The van der Waals surface area contributed by atoms with E-state index in [4.69, 9.17) is 10.5 Å². The highest BCUT2D eigenvalue weighted by atomic mass is 16.5. The standard InChI is InChI=1S/C12H17NO/c1-12(2,13)11-5-3-9(4-6-11)10-7-14-8-10/h3-6,10H,7-8,13H2,1-2H3. The monoisotopic (exact) mass is 191 g/mol. The maximum Gasteiger partial charge on any atom is 0.0557 e. The minimum Gasteiger partial charge on any atom is -0.380 e. The lowest BCUT2D eigenvalue weighted by atomic mass is 9.91. The first kappa shape index (κ1) is 9.69. The minimum absolute atomic E-state index is 0.241. The molecule has 0 unspecified atom stereocenters. The van der Waals surface area contributed by atoms with Crippen LogP contribution in [0.1, 0.15) is 30.9 Å². The van der Waals surface area contributed by atoms with Crippen molar-refractivity contribution < 1.29 is 4.74 Å². The smallest absolute Gasteiger partial charge is 0.0557 e. The molecule has 0 saturated carbocycles. The maximum absolute atomic E-state index is 6.00. The zero-order valence-corrected chi connectivity index (χ0v) is 8.79. The van der Waals surface area contributed by atoms with Crippen molar-refractivity contribution >= 4 is 0 Å². The third kappa shape index (κ3) is 1.81. The summed E-state index contributed by atoms with van der Waals surface area (Å²) in [6.45, 7) is 5.78. The third-order valence-corrected chi connectivity index (χ3v) is 2.76. The zero-order chi connectivity index (χ0) is 10.2. The molecule has 0 spiro atoms. The van der Waals surface area contributed by atoms with Crippen molar-refractivity contribution in [2.75, 3.05) is 13.2 Å². The number of hydrogen-bond donors (Lipinski definition) is 1. The first-order chi connectivity index (χ1) is 6.57. The van der Waals surface area contributed by atoms with Crippen LogP contribution in [-0.2, 0) is 10.3 Å². The van der Waals surface area contributed by atoms with Crippen LogP contribution in [0.15, 0.2) is 24.3 Å². The first-order valence-electron chi connectivity index (χ1n) is 5.04. The van der Waals surface area contributed by atoms with E-state index >= 15 is 0 Å². The summed E-state index contributed by atoms with van der Waals surface area (Å²) in [5, 5.41) is 0. The van der Waals surface area contributed by atoms with E-state index in [-0.39, 0.29) is 5.54 Å². The van der Waals surface area contributed by atoms with E-state index in [2.05, 4.69) is 24.3 Å². The van der Waals surface area contributed by atoms with Gasteiger partial charge in [0.25, 0.3) is 0 Å². The number of hydrogen-bond acceptors (Lipinski definition) is 2. The van der Waals surface area contributed by atoms with Gasteiger partial charge in [0.2, 0.25) is 0 Å². The van der Waals surface area contributed by atoms with Gasteiger partial charge in [-0.3, -0.25) is 0 Å². The van der Waals surface area contributed by atoms with Gasteiger partial charge in [-0.25, -0.2) is 0 Å². The molecule has 1 heterocycles. The molecule has 2 rings (SSSR count). The lowest BCUT2D eigenvalue weighted by Crippen LogP contribution is -2.29. The van der Waals surface area contributed by atoms with Gasteiger partial charge in [-0.15, -0.1) is 0 Å². The maximum atomic E-state index is 6.00. The SMILES string of the molecule is CC(C)(N)c1ccc(C2COC2)cc1. The number of ether oxygens (including phenoxy) is 1. The third-order valence-electron chi connectivity index (χ3n) is 2.76. The lowest BCUT2D eigenvalue weighted by Gasteiger charge is -2.27. The molecule has 0 radical (unpaired) electrons. The fourth-order valence-corrected chi connectivity index (χ4v) is 1.61. The molecule has 2 N–H and O–H groups in total. The molecule has 1 fully saturated rings. The Labute approximate surface area is 85.1 Å². The van der Waals surface area contributed by atoms with Gasteiger partial charge in [-0.05, 0) is 25.0 Å². The van der Waals surface area contributed by atoms with E-state index in [0.717, 1.165) is 13.2 Å². The van der Waals surface area contributed by atoms with Gasteiger partial charge in [-0.2, -0.15) is 0 Å². The van der Waals surface area contributed by atoms with Gasteiger partial charge in [0.15, 0.2) is 0 Å². The molecule has 0 aromatic heterocycles. The van der Waals surface area contributed by atoms with Gasteiger partial charge in [0, 0.05) is 11.5 Å². The van der Waals surface area contributed by atoms with Gasteiger partial charge in [0.05, 0.1) is 13.2 Å². The second-order valence-corrected chi connectivity index (χ2v) is 4.58. The first-order valence-corrected chi connectivity index (χ1v) is 5.04. The predicted molar refractivity (Wildman–Crippen MR) is 57.2 cm³/mol. The Hall–Kier alpha value is -0.860. The molecule has 2 nitrogen and oxygen atoms in total. The summed E-state index contributed by atoms with van der Waals surface area (Å²) in [7, 11) is 0. The van der Waals surface area contributed by atoms with Crippen molar-refractivity contribution in [1.29, 1.82) is 0 Å². The highest BCUT2D eigenvalue weighted by Crippen LogP contribution is 2.25. The van der Waals surface area contributed by atoms with Crippen LogP contribution < -0.4 is 5.73 Å². The van der Waals surface area contributed by atoms with E-state index in [1.807, 2.05) is 13.8 Å². The van der Waals surface area contributed by atoms with Crippen LogP contribution in [0.2, 0.25) is 0 Å². The molecular weight excluding hydrogens is 174 g/mol. The van der Waals surface area contributed by atoms with Crippen molar-refractivity contribution in [2.45, 2.75) is 25.3 Å². The highest BCUT2D eigenvalue weighted by Gasteiger charge is 2.21. The molecule has 0 aliphatic carbocycles. The zero-order valence-electron chi connectivity index (χ0n) is 8.79. The Morgan fingerprint density at radius 2 is 1.79 bits per heavy atom. The Balaban J connectivity index is 2.17. The fourth-order valence-electron chi connectivity index (χ4n) is 1.61. The van der Waals surface area contributed by atoms with Crippen LogP contribution in [0.3, 0.4) is 0 Å². The van der Waals surface area contributed by atoms with Crippen LogP contribution in [0.25, 0.3) is 0 Å². The summed E-state index contributed by atoms with van der Waals surface area (Å²) in [5.41, 5.74) is 8.31. The van der Waals surface area contributed by atoms with Crippen molar-refractivity contribution in [3.05, 3.63) is 35.4 Å². The topological polar surface area (TPSA) is 35.2 Å². The van der Waals surface area contributed by atoms with Crippen molar-refractivity contribution in [3.8, 4) is 0 Å². The van der Waals surface area contributed by atoms with Gasteiger partial charge >= 0.3 is 0 Å². The summed E-state index contributed by atoms with van der Waals surface area (Å²) in [4.78, 5) is 0. The Kier molecular flexibility index (Phi) is 2.33. The summed E-state index contributed by atoms with van der Waals surface area (Å²) in [5.74, 6) is 0.602. The molecule has 1 aliphatic heterocycles. The minimum atomic E-state index is -0.241. The van der Waals surface area contributed by atoms with E-state index in [1.54, 1.807) is 0 Å². The van der Waals surface area contributed by atoms with Crippen molar-refractivity contribution in [3.63, 3.8) is 0 Å². The molecule has 1 aromatic carbocycles. The van der Waals surface area contributed by atoms with Crippen LogP contribution >= 0.6 is 0 Å². The molecular formula is C12H17NO. The quantitative estimate of drug-likeness (QED) is 0.776. The van der Waals surface area contributed by atoms with Gasteiger partial charge < -0.3 is 10.5 Å². The van der Waals surface area contributed by atoms with E-state index in [1.165, 1.54) is 11.1 Å². The molecule has 14 heavy (non-hydrogen) atoms. The normalized spacial score (nSPS) is 17.9. The molecule has 1 aromatic rings. The van der Waals surface area contributed by atoms with E-state index < -0.39 is 0 Å². The summed E-state index contributed by atoms with van der Waals surface area (Å²) in [6, 6.07) is 8.57. The van der Waals surface area contributed by atoms with Crippen LogP contribution in [0.4, 0.5) is 0 Å². The van der Waals surface area contributed by atoms with Crippen LogP contribution in [-0.4, -0.2) is 13.2 Å². The molecule has 1 aliphatic rings. The fraction of sp³-hybridized carbons (Fsp3) is 0.500. The number of benzene rings is 1. The second kappa shape index (κ2) is 3.37. The van der Waals surface area contributed by atoms with E-state index in [9.17, 15) is 0 Å². The van der Waals surface area contributed by atoms with Gasteiger partial charge in [0.1, 0.15) is 0 Å². The average Bonchev–Trinajstić information content (AvgIpc) is 2.00. The van der Waals surface area contributed by atoms with Gasteiger partial charge in [-0.1, -0.05) is 24.3 Å². The number of nitrogens with two attached hydrogens (primary N) is 1. The Morgan fingerprint density at radius 3 is 2.14 bits per heavy atom. The predicted octanol–water partition coefficient (Wildman–Crippen LogP) is 1.99. The summed E-state index contributed by atoms with van der Waals surface area (Å²) >= 11 is 0. The molecule has 0 amide bonds. The van der Waals surface area contributed by atoms with Crippen molar-refractivity contribution in [2.24, 2.45) is 5.73 Å². The summed E-state index contributed by atoms with van der Waals surface area (Å²) < 4.78 is 5.16. The number of rotatable bonds is 2. The highest BCUT2D eigenvalue weighted by molar-refractivity contribution is 5.30. The Morgan fingerprint density at radius 1 is 1.21 bits per heavy atom. The lowest BCUT2D eigenvalue weighted by molar-refractivity contribution is 0.00841. The molecule has 2 heteroatoms.